The highest BCUT2D eigenvalue weighted by Gasteiger charge is 2.36. The molecule has 0 aliphatic rings. The van der Waals surface area contributed by atoms with E-state index in [4.69, 9.17) is 10.5 Å². The van der Waals surface area contributed by atoms with Gasteiger partial charge in [0.15, 0.2) is 0 Å². The van der Waals surface area contributed by atoms with Crippen LogP contribution < -0.4 is 16.0 Å². The van der Waals surface area contributed by atoms with Gasteiger partial charge in [0.05, 0.1) is 34.8 Å². The van der Waals surface area contributed by atoms with Gasteiger partial charge < -0.3 is 15.0 Å². The number of rotatable bonds is 6. The van der Waals surface area contributed by atoms with Gasteiger partial charge in [0.25, 0.3) is 5.56 Å². The standard InChI is InChI=1S/C26H18F5N3O2S/c1-2-36-21-6-4-14(9-16(21)12-32)22-7-8-23(37-22)20-11-18(26(29,30)31)24(33)25(35)34(20)13-15-3-5-17(27)10-19(15)28/h3-11H,2,13,33H2,1H3. The molecule has 190 valence electrons. The lowest BCUT2D eigenvalue weighted by Crippen LogP contribution is -2.28. The number of nitrogen functional groups attached to an aromatic ring is 1. The van der Waals surface area contributed by atoms with Gasteiger partial charge in [-0.1, -0.05) is 6.07 Å². The van der Waals surface area contributed by atoms with Crippen molar-refractivity contribution < 1.29 is 26.7 Å². The molecule has 0 aliphatic heterocycles. The molecular weight excluding hydrogens is 513 g/mol. The van der Waals surface area contributed by atoms with Crippen molar-refractivity contribution in [1.29, 1.82) is 5.26 Å². The van der Waals surface area contributed by atoms with Crippen molar-refractivity contribution in [2.24, 2.45) is 0 Å². The summed E-state index contributed by atoms with van der Waals surface area (Å²) in [6, 6.07) is 13.6. The van der Waals surface area contributed by atoms with E-state index in [0.29, 0.717) is 28.9 Å². The minimum Gasteiger partial charge on any atom is -0.492 e. The average molecular weight is 532 g/mol. The quantitative estimate of drug-likeness (QED) is 0.290. The van der Waals surface area contributed by atoms with Gasteiger partial charge in [0.1, 0.15) is 29.1 Å². The van der Waals surface area contributed by atoms with Crippen LogP contribution in [0.15, 0.2) is 59.4 Å². The van der Waals surface area contributed by atoms with E-state index in [1.807, 2.05) is 6.07 Å². The molecule has 37 heavy (non-hydrogen) atoms. The molecule has 5 nitrogen and oxygen atoms in total. The molecule has 2 aromatic carbocycles. The summed E-state index contributed by atoms with van der Waals surface area (Å²) in [5, 5.41) is 9.44. The summed E-state index contributed by atoms with van der Waals surface area (Å²) in [5.74, 6) is -1.40. The number of nitriles is 1. The Morgan fingerprint density at radius 3 is 2.43 bits per heavy atom. The number of halogens is 5. The first kappa shape index (κ1) is 25.9. The highest BCUT2D eigenvalue weighted by molar-refractivity contribution is 7.18. The van der Waals surface area contributed by atoms with Gasteiger partial charge in [-0.05, 0) is 55.0 Å². The number of alkyl halides is 3. The minimum atomic E-state index is -4.91. The molecule has 2 heterocycles. The largest absolute Gasteiger partial charge is 0.492 e. The molecule has 0 bridgehead atoms. The molecule has 11 heteroatoms. The lowest BCUT2D eigenvalue weighted by Gasteiger charge is -2.17. The number of hydrogen-bond acceptors (Lipinski definition) is 5. The predicted molar refractivity (Wildman–Crippen MR) is 130 cm³/mol. The van der Waals surface area contributed by atoms with Crippen molar-refractivity contribution in [2.45, 2.75) is 19.6 Å². The highest BCUT2D eigenvalue weighted by Crippen LogP contribution is 2.39. The number of benzene rings is 2. The summed E-state index contributed by atoms with van der Waals surface area (Å²) >= 11 is 1.07. The molecule has 0 saturated heterocycles. The number of nitrogens with zero attached hydrogens (tertiary/aromatic N) is 2. The van der Waals surface area contributed by atoms with Crippen LogP contribution in [-0.2, 0) is 12.7 Å². The van der Waals surface area contributed by atoms with Crippen molar-refractivity contribution in [3.8, 4) is 32.8 Å². The third-order valence-corrected chi connectivity index (χ3v) is 6.69. The Kier molecular flexibility index (Phi) is 7.05. The van der Waals surface area contributed by atoms with E-state index in [1.165, 1.54) is 6.07 Å². The van der Waals surface area contributed by atoms with Gasteiger partial charge in [-0.3, -0.25) is 4.79 Å². The third kappa shape index (κ3) is 5.20. The van der Waals surface area contributed by atoms with Crippen molar-refractivity contribution in [3.05, 3.63) is 93.3 Å². The third-order valence-electron chi connectivity index (χ3n) is 5.53. The Hall–Kier alpha value is -4.17. The van der Waals surface area contributed by atoms with Gasteiger partial charge in [0, 0.05) is 16.5 Å². The second-order valence-corrected chi connectivity index (χ2v) is 8.99. The first-order chi connectivity index (χ1) is 17.5. The first-order valence-corrected chi connectivity index (χ1v) is 11.7. The molecule has 0 amide bonds. The molecule has 0 atom stereocenters. The van der Waals surface area contributed by atoms with E-state index in [1.54, 1.807) is 31.2 Å². The van der Waals surface area contributed by atoms with E-state index >= 15 is 0 Å². The highest BCUT2D eigenvalue weighted by atomic mass is 32.1. The lowest BCUT2D eigenvalue weighted by atomic mass is 10.1. The lowest BCUT2D eigenvalue weighted by molar-refractivity contribution is -0.137. The topological polar surface area (TPSA) is 81.0 Å². The Balaban J connectivity index is 1.86. The van der Waals surface area contributed by atoms with Gasteiger partial charge in [-0.25, -0.2) is 8.78 Å². The van der Waals surface area contributed by atoms with E-state index < -0.39 is 41.2 Å². The number of nitrogens with two attached hydrogens (primary N) is 1. The number of aromatic nitrogens is 1. The van der Waals surface area contributed by atoms with Crippen molar-refractivity contribution in [3.63, 3.8) is 0 Å². The zero-order chi connectivity index (χ0) is 26.9. The number of ether oxygens (including phenoxy) is 1. The monoisotopic (exact) mass is 531 g/mol. The van der Waals surface area contributed by atoms with Crippen LogP contribution in [0.2, 0.25) is 0 Å². The van der Waals surface area contributed by atoms with E-state index in [2.05, 4.69) is 0 Å². The number of anilines is 1. The molecule has 4 rings (SSSR count). The maximum Gasteiger partial charge on any atom is 0.418 e. The number of pyridine rings is 1. The molecule has 0 saturated carbocycles. The Labute approximate surface area is 211 Å². The fourth-order valence-corrected chi connectivity index (χ4v) is 4.79. The minimum absolute atomic E-state index is 0.106. The van der Waals surface area contributed by atoms with Crippen LogP contribution in [0.25, 0.3) is 21.0 Å². The molecular formula is C26H18F5N3O2S. The summed E-state index contributed by atoms with van der Waals surface area (Å²) in [4.78, 5) is 13.8. The molecule has 0 aliphatic carbocycles. The van der Waals surface area contributed by atoms with E-state index in [0.717, 1.165) is 34.1 Å². The molecule has 0 unspecified atom stereocenters. The predicted octanol–water partition coefficient (Wildman–Crippen LogP) is 6.44. The van der Waals surface area contributed by atoms with Crippen molar-refractivity contribution >= 4 is 17.0 Å². The Bertz CT molecular complexity index is 1580. The van der Waals surface area contributed by atoms with Crippen LogP contribution in [0.5, 0.6) is 5.75 Å². The molecule has 0 fully saturated rings. The van der Waals surface area contributed by atoms with Crippen LogP contribution >= 0.6 is 11.3 Å². The average Bonchev–Trinajstić information content (AvgIpc) is 3.33. The SMILES string of the molecule is CCOc1ccc(-c2ccc(-c3cc(C(F)(F)F)c(N)c(=O)n3Cc3ccc(F)cc3F)s2)cc1C#N. The van der Waals surface area contributed by atoms with E-state index in [-0.39, 0.29) is 21.7 Å². The summed E-state index contributed by atoms with van der Waals surface area (Å²) in [7, 11) is 0. The van der Waals surface area contributed by atoms with Crippen molar-refractivity contribution in [1.82, 2.24) is 4.57 Å². The normalized spacial score (nSPS) is 11.4. The maximum atomic E-state index is 14.4. The number of thiophene rings is 1. The smallest absolute Gasteiger partial charge is 0.418 e. The maximum absolute atomic E-state index is 14.4. The van der Waals surface area contributed by atoms with Crippen LogP contribution in [0.3, 0.4) is 0 Å². The molecule has 4 aromatic rings. The number of hydrogen-bond donors (Lipinski definition) is 1. The molecule has 2 N–H and O–H groups in total. The molecule has 0 spiro atoms. The zero-order valence-corrected chi connectivity index (χ0v) is 20.0. The summed E-state index contributed by atoms with van der Waals surface area (Å²) < 4.78 is 75.1. The van der Waals surface area contributed by atoms with Crippen LogP contribution in [0.1, 0.15) is 23.6 Å². The second kappa shape index (κ2) is 10.1. The van der Waals surface area contributed by atoms with Crippen LogP contribution in [0.4, 0.5) is 27.6 Å². The second-order valence-electron chi connectivity index (χ2n) is 7.90. The Morgan fingerprint density at radius 1 is 1.05 bits per heavy atom. The zero-order valence-electron chi connectivity index (χ0n) is 19.2. The van der Waals surface area contributed by atoms with Crippen molar-refractivity contribution in [2.75, 3.05) is 12.3 Å². The van der Waals surface area contributed by atoms with Gasteiger partial charge >= 0.3 is 6.18 Å². The van der Waals surface area contributed by atoms with Gasteiger partial charge in [0.2, 0.25) is 0 Å². The van der Waals surface area contributed by atoms with Crippen LogP contribution in [0, 0.1) is 23.0 Å². The summed E-state index contributed by atoms with van der Waals surface area (Å²) in [5.41, 5.74) is 2.70. The van der Waals surface area contributed by atoms with Gasteiger partial charge in [-0.15, -0.1) is 11.3 Å². The molecule has 0 radical (unpaired) electrons. The van der Waals surface area contributed by atoms with Crippen LogP contribution in [-0.4, -0.2) is 11.2 Å². The summed E-state index contributed by atoms with van der Waals surface area (Å²) in [6.45, 7) is 1.67. The Morgan fingerprint density at radius 2 is 1.78 bits per heavy atom. The first-order valence-electron chi connectivity index (χ1n) is 10.9. The molecule has 2 aromatic heterocycles. The van der Waals surface area contributed by atoms with E-state index in [9.17, 15) is 32.0 Å². The fraction of sp³-hybridized carbons (Fsp3) is 0.154. The fourth-order valence-electron chi connectivity index (χ4n) is 3.76. The summed E-state index contributed by atoms with van der Waals surface area (Å²) in [6.07, 6.45) is -4.91. The van der Waals surface area contributed by atoms with Gasteiger partial charge in [-0.2, -0.15) is 18.4 Å².